The molecule has 0 saturated carbocycles. The van der Waals surface area contributed by atoms with E-state index in [1.807, 2.05) is 12.1 Å². The van der Waals surface area contributed by atoms with E-state index in [9.17, 15) is 23.3 Å². The zero-order chi connectivity index (χ0) is 39.8. The number of likely N-dealkylation sites (tertiary alicyclic amines) is 1. The summed E-state index contributed by atoms with van der Waals surface area (Å²) < 4.78 is 46.7. The largest absolute Gasteiger partial charge is 0.370 e. The smallest absolute Gasteiger partial charge is 0.329 e. The minimum Gasteiger partial charge on any atom is -0.370 e. The number of carbonyl (C=O) groups excluding carboxylic acids is 2. The molecule has 0 atom stereocenters. The first-order valence-electron chi connectivity index (χ1n) is 19.5. The predicted molar refractivity (Wildman–Crippen MR) is 213 cm³/mol. The van der Waals surface area contributed by atoms with Crippen LogP contribution in [0, 0.1) is 23.1 Å². The van der Waals surface area contributed by atoms with Gasteiger partial charge >= 0.3 is 6.03 Å². The molecule has 300 valence electrons. The van der Waals surface area contributed by atoms with Crippen LogP contribution in [0.1, 0.15) is 62.0 Å². The highest BCUT2D eigenvalue weighted by Crippen LogP contribution is 2.37. The molecule has 15 nitrogen and oxygen atoms in total. The van der Waals surface area contributed by atoms with Crippen molar-refractivity contribution in [3.63, 3.8) is 0 Å². The number of carbonyl (C=O) groups is 2. The minimum absolute atomic E-state index is 0.0366. The summed E-state index contributed by atoms with van der Waals surface area (Å²) >= 11 is 5.89. The zero-order valence-electron chi connectivity index (χ0n) is 31.7. The number of hydrogen-bond acceptors (Lipinski definition) is 11. The summed E-state index contributed by atoms with van der Waals surface area (Å²) in [6.45, 7) is 4.97. The van der Waals surface area contributed by atoms with E-state index >= 15 is 4.39 Å². The van der Waals surface area contributed by atoms with E-state index in [0.29, 0.717) is 76.4 Å². The van der Waals surface area contributed by atoms with E-state index in [4.69, 9.17) is 11.6 Å². The number of rotatable bonds is 9. The van der Waals surface area contributed by atoms with Gasteiger partial charge < -0.3 is 15.1 Å². The number of urea groups is 1. The maximum Gasteiger partial charge on any atom is 0.329 e. The highest BCUT2D eigenvalue weighted by atomic mass is 35.5. The number of benzene rings is 2. The van der Waals surface area contributed by atoms with Gasteiger partial charge in [0.2, 0.25) is 21.9 Å². The highest BCUT2D eigenvalue weighted by molar-refractivity contribution is 7.89. The second-order valence-electron chi connectivity index (χ2n) is 15.4. The summed E-state index contributed by atoms with van der Waals surface area (Å²) in [5, 5.41) is 21.0. The van der Waals surface area contributed by atoms with Crippen molar-refractivity contribution in [2.75, 3.05) is 67.5 Å². The fourth-order valence-corrected chi connectivity index (χ4v) is 10.3. The number of aromatic nitrogens is 4. The SMILES string of the molecule is Cn1nc(N2CCC(=O)NC2=O)c2ccc(C3CCN(CC4CCN(c5cc(S(=O)(=O)N6CCC(Nc7ncc(Cl)cn7)CC6)ccc5C#N)CC4)CC3)c(F)c21. The molecule has 3 amide bonds. The van der Waals surface area contributed by atoms with E-state index in [2.05, 4.69) is 41.6 Å². The Labute approximate surface area is 335 Å². The minimum atomic E-state index is -3.77. The van der Waals surface area contributed by atoms with Crippen molar-refractivity contribution in [1.82, 2.24) is 34.3 Å². The van der Waals surface area contributed by atoms with Crippen LogP contribution in [-0.4, -0.2) is 108 Å². The van der Waals surface area contributed by atoms with Crippen LogP contribution in [0.3, 0.4) is 0 Å². The molecule has 4 saturated heterocycles. The first-order valence-corrected chi connectivity index (χ1v) is 21.3. The monoisotopic (exact) mass is 817 g/mol. The Hall–Kier alpha value is -4.89. The summed E-state index contributed by atoms with van der Waals surface area (Å²) in [7, 11) is -2.10. The van der Waals surface area contributed by atoms with Gasteiger partial charge in [0, 0.05) is 64.2 Å². The van der Waals surface area contributed by atoms with Crippen molar-refractivity contribution < 1.29 is 22.4 Å². The van der Waals surface area contributed by atoms with Gasteiger partial charge in [0.1, 0.15) is 11.6 Å². The molecule has 0 aliphatic carbocycles. The van der Waals surface area contributed by atoms with Gasteiger partial charge in [0.05, 0.1) is 33.6 Å². The van der Waals surface area contributed by atoms with Gasteiger partial charge in [0.25, 0.3) is 0 Å². The van der Waals surface area contributed by atoms with E-state index in [1.54, 1.807) is 19.2 Å². The number of amides is 3. The number of nitrogens with one attached hydrogen (secondary N) is 2. The van der Waals surface area contributed by atoms with Crippen molar-refractivity contribution in [2.45, 2.75) is 61.8 Å². The summed E-state index contributed by atoms with van der Waals surface area (Å²) in [5.74, 6) is 0.661. The van der Waals surface area contributed by atoms with Crippen LogP contribution in [0.15, 0.2) is 47.6 Å². The lowest BCUT2D eigenvalue weighted by Gasteiger charge is -2.39. The third-order valence-corrected chi connectivity index (χ3v) is 14.0. The van der Waals surface area contributed by atoms with E-state index in [0.717, 1.165) is 58.4 Å². The Morgan fingerprint density at radius 2 is 1.68 bits per heavy atom. The molecule has 2 aromatic carbocycles. The zero-order valence-corrected chi connectivity index (χ0v) is 33.3. The van der Waals surface area contributed by atoms with Gasteiger partial charge in [-0.1, -0.05) is 17.7 Å². The quantitative estimate of drug-likeness (QED) is 0.237. The lowest BCUT2D eigenvalue weighted by atomic mass is 9.87. The average Bonchev–Trinajstić information content (AvgIpc) is 3.55. The van der Waals surface area contributed by atoms with Crippen LogP contribution in [0.5, 0.6) is 0 Å². The van der Waals surface area contributed by atoms with Crippen molar-refractivity contribution in [1.29, 1.82) is 5.26 Å². The predicted octanol–water partition coefficient (Wildman–Crippen LogP) is 4.83. The van der Waals surface area contributed by atoms with Gasteiger partial charge in [-0.15, -0.1) is 0 Å². The van der Waals surface area contributed by atoms with Crippen LogP contribution >= 0.6 is 11.6 Å². The van der Waals surface area contributed by atoms with Gasteiger partial charge in [-0.05, 0) is 93.3 Å². The topological polar surface area (TPSA) is 173 Å². The highest BCUT2D eigenvalue weighted by Gasteiger charge is 2.33. The van der Waals surface area contributed by atoms with E-state index in [-0.39, 0.29) is 41.5 Å². The fourth-order valence-electron chi connectivity index (χ4n) is 8.74. The van der Waals surface area contributed by atoms with E-state index < -0.39 is 16.1 Å². The van der Waals surface area contributed by atoms with Crippen LogP contribution in [-0.2, 0) is 21.9 Å². The number of aryl methyl sites for hydroxylation is 1. The molecular weight excluding hydrogens is 773 g/mol. The summed E-state index contributed by atoms with van der Waals surface area (Å²) in [6, 6.07) is 10.2. The number of sulfonamides is 1. The Bertz CT molecular complexity index is 2310. The molecule has 4 fully saturated rings. The molecule has 2 aromatic heterocycles. The second-order valence-corrected chi connectivity index (χ2v) is 17.8. The maximum atomic E-state index is 16.1. The third-order valence-electron chi connectivity index (χ3n) is 11.9. The lowest BCUT2D eigenvalue weighted by molar-refractivity contribution is -0.120. The number of imide groups is 1. The first-order chi connectivity index (χ1) is 27.5. The lowest BCUT2D eigenvalue weighted by Crippen LogP contribution is -2.49. The molecule has 6 heterocycles. The van der Waals surface area contributed by atoms with Crippen LogP contribution in [0.2, 0.25) is 5.02 Å². The summed E-state index contributed by atoms with van der Waals surface area (Å²) in [6.07, 6.45) is 7.87. The summed E-state index contributed by atoms with van der Waals surface area (Å²) in [5.41, 5.74) is 2.12. The molecule has 0 spiro atoms. The van der Waals surface area contributed by atoms with Gasteiger partial charge in [0.15, 0.2) is 11.6 Å². The Kier molecular flexibility index (Phi) is 11.0. The van der Waals surface area contributed by atoms with Gasteiger partial charge in [-0.3, -0.25) is 19.7 Å². The molecule has 0 bridgehead atoms. The number of hydrogen-bond donors (Lipinski definition) is 2. The molecule has 4 aliphatic rings. The first kappa shape index (κ1) is 39.0. The maximum absolute atomic E-state index is 16.1. The molecule has 18 heteroatoms. The normalized spacial score (nSPS) is 19.9. The van der Waals surface area contributed by atoms with Crippen molar-refractivity contribution in [3.05, 3.63) is 64.7 Å². The van der Waals surface area contributed by atoms with Crippen LogP contribution < -0.4 is 20.4 Å². The van der Waals surface area contributed by atoms with Crippen molar-refractivity contribution >= 4 is 61.9 Å². The number of fused-ring (bicyclic) bond motifs is 1. The molecule has 4 aromatic rings. The molecule has 0 unspecified atom stereocenters. The van der Waals surface area contributed by atoms with Gasteiger partial charge in [-0.25, -0.2) is 27.6 Å². The van der Waals surface area contributed by atoms with Crippen molar-refractivity contribution in [2.24, 2.45) is 13.0 Å². The Balaban J connectivity index is 0.847. The number of anilines is 3. The molecule has 4 aliphatic heterocycles. The Morgan fingerprint density at radius 3 is 2.37 bits per heavy atom. The van der Waals surface area contributed by atoms with Gasteiger partial charge in [-0.2, -0.15) is 14.7 Å². The van der Waals surface area contributed by atoms with Crippen molar-refractivity contribution in [3.8, 4) is 6.07 Å². The number of nitrogens with zero attached hydrogens (tertiary/aromatic N) is 9. The number of halogens is 2. The van der Waals surface area contributed by atoms with E-state index in [1.165, 1.54) is 32.3 Å². The number of piperidine rings is 3. The number of nitriles is 1. The standard InChI is InChI=1S/C39H45ClFN11O4S/c1-48-36-32(37(47-48)52-19-12-34(53)46-39(52)54)5-4-31(35(36)41)26-8-13-49(14-9-26)24-25-6-15-50(16-7-25)33-20-30(3-2-27(33)21-42)57(55,56)51-17-10-29(11-18-51)45-38-43-22-28(40)23-44-38/h2-5,20,22-23,25-26,29H,6-19,24H2,1H3,(H,43,44,45)(H,46,53,54). The van der Waals surface area contributed by atoms with Crippen LogP contribution in [0.4, 0.5) is 26.6 Å². The molecular formula is C39H45ClFN11O4S. The average molecular weight is 818 g/mol. The molecule has 8 rings (SSSR count). The Morgan fingerprint density at radius 1 is 0.965 bits per heavy atom. The second kappa shape index (κ2) is 16.2. The molecule has 2 N–H and O–H groups in total. The molecule has 57 heavy (non-hydrogen) atoms. The molecule has 0 radical (unpaired) electrons. The van der Waals surface area contributed by atoms with Crippen LogP contribution in [0.25, 0.3) is 10.9 Å². The fraction of sp³-hybridized carbons (Fsp3) is 0.487. The summed E-state index contributed by atoms with van der Waals surface area (Å²) in [4.78, 5) is 38.7. The third kappa shape index (κ3) is 8.00.